The van der Waals surface area contributed by atoms with E-state index in [1.165, 1.54) is 32.2 Å². The Morgan fingerprint density at radius 3 is 2.78 bits per heavy atom. The van der Waals surface area contributed by atoms with E-state index in [-0.39, 0.29) is 5.54 Å². The van der Waals surface area contributed by atoms with Crippen molar-refractivity contribution in [2.45, 2.75) is 57.9 Å². The summed E-state index contributed by atoms with van der Waals surface area (Å²) in [7, 11) is 2.20. The number of rotatable bonds is 8. The van der Waals surface area contributed by atoms with E-state index in [4.69, 9.17) is 0 Å². The van der Waals surface area contributed by atoms with Crippen LogP contribution in [0.5, 0.6) is 0 Å². The number of nitrogens with one attached hydrogen (secondary N) is 1. The van der Waals surface area contributed by atoms with Gasteiger partial charge in [0.05, 0.1) is 6.07 Å². The fourth-order valence-electron chi connectivity index (χ4n) is 3.12. The van der Waals surface area contributed by atoms with Crippen LogP contribution in [0.25, 0.3) is 0 Å². The summed E-state index contributed by atoms with van der Waals surface area (Å²) in [5.41, 5.74) is -0.236. The topological polar surface area (TPSA) is 39.1 Å². The van der Waals surface area contributed by atoms with Crippen molar-refractivity contribution in [1.82, 2.24) is 10.2 Å². The molecule has 3 nitrogen and oxygen atoms in total. The molecule has 1 aliphatic rings. The molecule has 1 saturated carbocycles. The number of nitrogens with zero attached hydrogens (tertiary/aromatic N) is 2. The Balaban J connectivity index is 2.43. The number of nitriles is 1. The maximum absolute atomic E-state index is 9.50. The zero-order valence-corrected chi connectivity index (χ0v) is 12.3. The fraction of sp³-hybridized carbons (Fsp3) is 0.933. The SMILES string of the molecule is CCCCN(C)CCC1CCCC1(C#N)NCC. The molecule has 0 heterocycles. The van der Waals surface area contributed by atoms with Crippen LogP contribution in [0.1, 0.15) is 52.4 Å². The summed E-state index contributed by atoms with van der Waals surface area (Å²) in [4.78, 5) is 2.41. The van der Waals surface area contributed by atoms with Crippen molar-refractivity contribution < 1.29 is 0 Å². The lowest BCUT2D eigenvalue weighted by Gasteiger charge is -2.30. The lowest BCUT2D eigenvalue weighted by molar-refractivity contribution is 0.250. The molecular formula is C15H29N3. The molecule has 3 heteroatoms. The zero-order valence-electron chi connectivity index (χ0n) is 12.3. The van der Waals surface area contributed by atoms with Gasteiger partial charge in [0.15, 0.2) is 0 Å². The first-order chi connectivity index (χ1) is 8.68. The van der Waals surface area contributed by atoms with Gasteiger partial charge < -0.3 is 4.90 Å². The minimum Gasteiger partial charge on any atom is -0.306 e. The minimum absolute atomic E-state index is 0.236. The third-order valence-corrected chi connectivity index (χ3v) is 4.27. The first-order valence-electron chi connectivity index (χ1n) is 7.53. The van der Waals surface area contributed by atoms with Gasteiger partial charge in [-0.15, -0.1) is 0 Å². The largest absolute Gasteiger partial charge is 0.306 e. The van der Waals surface area contributed by atoms with Crippen molar-refractivity contribution in [2.24, 2.45) is 5.92 Å². The molecule has 104 valence electrons. The Labute approximate surface area is 113 Å². The van der Waals surface area contributed by atoms with Crippen LogP contribution in [0.4, 0.5) is 0 Å². The quantitative estimate of drug-likeness (QED) is 0.721. The van der Waals surface area contributed by atoms with Gasteiger partial charge in [-0.2, -0.15) is 5.26 Å². The summed E-state index contributed by atoms with van der Waals surface area (Å²) in [6.07, 6.45) is 7.12. The van der Waals surface area contributed by atoms with Gasteiger partial charge in [-0.05, 0) is 58.3 Å². The van der Waals surface area contributed by atoms with E-state index in [0.29, 0.717) is 5.92 Å². The molecule has 2 atom stereocenters. The highest BCUT2D eigenvalue weighted by atomic mass is 15.1. The normalized spacial score (nSPS) is 27.6. The maximum atomic E-state index is 9.50. The summed E-state index contributed by atoms with van der Waals surface area (Å²) in [6, 6.07) is 2.57. The van der Waals surface area contributed by atoms with Gasteiger partial charge in [0, 0.05) is 0 Å². The van der Waals surface area contributed by atoms with Gasteiger partial charge in [0.2, 0.25) is 0 Å². The zero-order chi connectivity index (χ0) is 13.4. The molecule has 0 aromatic rings. The third kappa shape index (κ3) is 3.96. The van der Waals surface area contributed by atoms with Gasteiger partial charge in [-0.25, -0.2) is 0 Å². The standard InChI is InChI=1S/C15H29N3/c1-4-6-11-18(3)12-9-14-8-7-10-15(14,13-16)17-5-2/h14,17H,4-12H2,1-3H3. The summed E-state index contributed by atoms with van der Waals surface area (Å²) < 4.78 is 0. The van der Waals surface area contributed by atoms with Gasteiger partial charge in [-0.3, -0.25) is 5.32 Å². The molecule has 0 aliphatic heterocycles. The average molecular weight is 251 g/mol. The van der Waals surface area contributed by atoms with Crippen LogP contribution in [0, 0.1) is 17.2 Å². The third-order valence-electron chi connectivity index (χ3n) is 4.27. The van der Waals surface area contributed by atoms with E-state index in [1.807, 2.05) is 0 Å². The van der Waals surface area contributed by atoms with Gasteiger partial charge >= 0.3 is 0 Å². The molecule has 0 radical (unpaired) electrons. The molecule has 0 aromatic carbocycles. The Hall–Kier alpha value is -0.590. The molecule has 1 rings (SSSR count). The molecule has 1 fully saturated rings. The number of hydrogen-bond acceptors (Lipinski definition) is 3. The van der Waals surface area contributed by atoms with Crippen molar-refractivity contribution in [3.05, 3.63) is 0 Å². The summed E-state index contributed by atoms with van der Waals surface area (Å²) >= 11 is 0. The smallest absolute Gasteiger partial charge is 0.109 e. The van der Waals surface area contributed by atoms with E-state index in [2.05, 4.69) is 37.2 Å². The lowest BCUT2D eigenvalue weighted by atomic mass is 9.85. The summed E-state index contributed by atoms with van der Waals surface area (Å²) in [6.45, 7) is 7.54. The highest BCUT2D eigenvalue weighted by Crippen LogP contribution is 2.37. The monoisotopic (exact) mass is 251 g/mol. The molecular weight excluding hydrogens is 222 g/mol. The summed E-state index contributed by atoms with van der Waals surface area (Å²) in [5.74, 6) is 0.534. The van der Waals surface area contributed by atoms with Crippen LogP contribution >= 0.6 is 0 Å². The van der Waals surface area contributed by atoms with Crippen molar-refractivity contribution in [1.29, 1.82) is 5.26 Å². The van der Waals surface area contributed by atoms with E-state index in [1.54, 1.807) is 0 Å². The maximum Gasteiger partial charge on any atom is 0.109 e. The Kier molecular flexibility index (Phi) is 6.67. The van der Waals surface area contributed by atoms with E-state index < -0.39 is 0 Å². The predicted molar refractivity (Wildman–Crippen MR) is 76.4 cm³/mol. The molecule has 0 bridgehead atoms. The van der Waals surface area contributed by atoms with E-state index >= 15 is 0 Å². The van der Waals surface area contributed by atoms with Crippen LogP contribution < -0.4 is 5.32 Å². The predicted octanol–water partition coefficient (Wildman–Crippen LogP) is 2.78. The second kappa shape index (κ2) is 7.76. The van der Waals surface area contributed by atoms with Crippen molar-refractivity contribution in [3.63, 3.8) is 0 Å². The second-order valence-corrected chi connectivity index (χ2v) is 5.65. The highest BCUT2D eigenvalue weighted by molar-refractivity contribution is 5.13. The molecule has 1 N–H and O–H groups in total. The minimum atomic E-state index is -0.236. The van der Waals surface area contributed by atoms with Crippen molar-refractivity contribution in [2.75, 3.05) is 26.7 Å². The van der Waals surface area contributed by atoms with Gasteiger partial charge in [-0.1, -0.05) is 26.7 Å². The van der Waals surface area contributed by atoms with Crippen LogP contribution in [0.15, 0.2) is 0 Å². The average Bonchev–Trinajstić information content (AvgIpc) is 2.78. The van der Waals surface area contributed by atoms with Crippen LogP contribution in [-0.2, 0) is 0 Å². The van der Waals surface area contributed by atoms with Crippen molar-refractivity contribution >= 4 is 0 Å². The molecule has 0 spiro atoms. The van der Waals surface area contributed by atoms with E-state index in [9.17, 15) is 5.26 Å². The van der Waals surface area contributed by atoms with Crippen LogP contribution in [-0.4, -0.2) is 37.1 Å². The summed E-state index contributed by atoms with van der Waals surface area (Å²) in [5, 5.41) is 12.9. The molecule has 0 aromatic heterocycles. The fourth-order valence-corrected chi connectivity index (χ4v) is 3.12. The Morgan fingerprint density at radius 1 is 1.39 bits per heavy atom. The molecule has 2 unspecified atom stereocenters. The first kappa shape index (κ1) is 15.5. The highest BCUT2D eigenvalue weighted by Gasteiger charge is 2.42. The number of unbranched alkanes of at least 4 members (excludes halogenated alkanes) is 1. The Morgan fingerprint density at radius 2 is 2.17 bits per heavy atom. The van der Waals surface area contributed by atoms with Crippen LogP contribution in [0.2, 0.25) is 0 Å². The lowest BCUT2D eigenvalue weighted by Crippen LogP contribution is -2.47. The number of hydrogen-bond donors (Lipinski definition) is 1. The van der Waals surface area contributed by atoms with Gasteiger partial charge in [0.1, 0.15) is 5.54 Å². The molecule has 18 heavy (non-hydrogen) atoms. The first-order valence-corrected chi connectivity index (χ1v) is 7.53. The van der Waals surface area contributed by atoms with E-state index in [0.717, 1.165) is 25.9 Å². The second-order valence-electron chi connectivity index (χ2n) is 5.65. The Bertz CT molecular complexity index is 271. The molecule has 0 amide bonds. The van der Waals surface area contributed by atoms with Crippen molar-refractivity contribution in [3.8, 4) is 6.07 Å². The molecule has 0 saturated heterocycles. The van der Waals surface area contributed by atoms with Crippen LogP contribution in [0.3, 0.4) is 0 Å². The molecule has 1 aliphatic carbocycles. The van der Waals surface area contributed by atoms with Gasteiger partial charge in [0.25, 0.3) is 0 Å².